The SMILES string of the molecule is O=C(CCSc1nc2ccccc2c(=O)n1-c1ccccc1)Nc1nc(-c2ccc(Cl)cc2Cl)cs1. The largest absolute Gasteiger partial charge is 0.302 e. The van der Waals surface area contributed by atoms with E-state index in [4.69, 9.17) is 28.2 Å². The lowest BCUT2D eigenvalue weighted by molar-refractivity contribution is -0.115. The van der Waals surface area contributed by atoms with Gasteiger partial charge in [0.1, 0.15) is 0 Å². The zero-order valence-corrected chi connectivity index (χ0v) is 21.8. The van der Waals surface area contributed by atoms with Crippen molar-refractivity contribution in [2.24, 2.45) is 0 Å². The molecular weight excluding hydrogens is 535 g/mol. The summed E-state index contributed by atoms with van der Waals surface area (Å²) in [5, 5.41) is 7.27. The fourth-order valence-electron chi connectivity index (χ4n) is 3.58. The summed E-state index contributed by atoms with van der Waals surface area (Å²) in [5.41, 5.74) is 2.62. The van der Waals surface area contributed by atoms with Crippen LogP contribution in [0.3, 0.4) is 0 Å². The van der Waals surface area contributed by atoms with Crippen LogP contribution in [0.5, 0.6) is 0 Å². The van der Waals surface area contributed by atoms with Crippen molar-refractivity contribution in [1.82, 2.24) is 14.5 Å². The first-order valence-electron chi connectivity index (χ1n) is 10.9. The van der Waals surface area contributed by atoms with Crippen LogP contribution in [0.15, 0.2) is 88.1 Å². The third kappa shape index (κ3) is 5.32. The van der Waals surface area contributed by atoms with Gasteiger partial charge in [-0.05, 0) is 42.5 Å². The van der Waals surface area contributed by atoms with Crippen LogP contribution >= 0.6 is 46.3 Å². The van der Waals surface area contributed by atoms with Gasteiger partial charge in [-0.2, -0.15) is 0 Å². The molecule has 180 valence electrons. The molecule has 0 bridgehead atoms. The highest BCUT2D eigenvalue weighted by molar-refractivity contribution is 7.99. The molecule has 5 aromatic rings. The predicted octanol–water partition coefficient (Wildman–Crippen LogP) is 6.94. The molecule has 0 saturated carbocycles. The Labute approximate surface area is 224 Å². The van der Waals surface area contributed by atoms with Crippen LogP contribution in [-0.4, -0.2) is 26.2 Å². The van der Waals surface area contributed by atoms with Gasteiger partial charge in [0.15, 0.2) is 10.3 Å². The molecule has 10 heteroatoms. The number of amides is 1. The Bertz CT molecular complexity index is 1620. The Kier molecular flexibility index (Phi) is 7.38. The fraction of sp³-hybridized carbons (Fsp3) is 0.0769. The summed E-state index contributed by atoms with van der Waals surface area (Å²) < 4.78 is 1.59. The van der Waals surface area contributed by atoms with Gasteiger partial charge in [-0.15, -0.1) is 11.3 Å². The Hall–Kier alpha value is -3.17. The summed E-state index contributed by atoms with van der Waals surface area (Å²) in [6, 6.07) is 21.8. The number of hydrogen-bond acceptors (Lipinski definition) is 6. The number of fused-ring (bicyclic) bond motifs is 1. The third-order valence-corrected chi connectivity index (χ3v) is 7.52. The van der Waals surface area contributed by atoms with Gasteiger partial charge in [0.25, 0.3) is 5.56 Å². The van der Waals surface area contributed by atoms with Crippen molar-refractivity contribution < 1.29 is 4.79 Å². The molecule has 2 aromatic heterocycles. The molecule has 0 aliphatic heterocycles. The second kappa shape index (κ2) is 10.8. The number of carbonyl (C=O) groups is 1. The van der Waals surface area contributed by atoms with Crippen LogP contribution in [0.4, 0.5) is 5.13 Å². The number of aromatic nitrogens is 3. The molecular formula is C26H18Cl2N4O2S2. The number of halogens is 2. The molecule has 0 atom stereocenters. The Morgan fingerprint density at radius 1 is 1.00 bits per heavy atom. The van der Waals surface area contributed by atoms with Crippen molar-refractivity contribution in [2.75, 3.05) is 11.1 Å². The average Bonchev–Trinajstić information content (AvgIpc) is 3.32. The van der Waals surface area contributed by atoms with E-state index in [2.05, 4.69) is 10.3 Å². The number of thioether (sulfide) groups is 1. The molecule has 0 aliphatic carbocycles. The van der Waals surface area contributed by atoms with Gasteiger partial charge < -0.3 is 5.32 Å². The summed E-state index contributed by atoms with van der Waals surface area (Å²) in [7, 11) is 0. The van der Waals surface area contributed by atoms with E-state index < -0.39 is 0 Å². The molecule has 5 rings (SSSR count). The normalized spacial score (nSPS) is 11.1. The van der Waals surface area contributed by atoms with E-state index >= 15 is 0 Å². The fourth-order valence-corrected chi connectivity index (χ4v) is 5.77. The predicted molar refractivity (Wildman–Crippen MR) is 149 cm³/mol. The lowest BCUT2D eigenvalue weighted by Gasteiger charge is -2.13. The van der Waals surface area contributed by atoms with Gasteiger partial charge in [0, 0.05) is 28.1 Å². The summed E-state index contributed by atoms with van der Waals surface area (Å²) in [6.45, 7) is 0. The zero-order valence-electron chi connectivity index (χ0n) is 18.7. The number of hydrogen-bond donors (Lipinski definition) is 1. The van der Waals surface area contributed by atoms with Gasteiger partial charge in [-0.3, -0.25) is 14.2 Å². The summed E-state index contributed by atoms with van der Waals surface area (Å²) >= 11 is 14.9. The highest BCUT2D eigenvalue weighted by Gasteiger charge is 2.15. The first kappa shape index (κ1) is 24.5. The van der Waals surface area contributed by atoms with Crippen molar-refractivity contribution in [3.8, 4) is 16.9 Å². The number of nitrogens with zero attached hydrogens (tertiary/aromatic N) is 3. The lowest BCUT2D eigenvalue weighted by atomic mass is 10.2. The molecule has 0 fully saturated rings. The Balaban J connectivity index is 1.29. The van der Waals surface area contributed by atoms with E-state index in [9.17, 15) is 9.59 Å². The molecule has 36 heavy (non-hydrogen) atoms. The van der Waals surface area contributed by atoms with Crippen molar-refractivity contribution in [2.45, 2.75) is 11.6 Å². The molecule has 2 heterocycles. The van der Waals surface area contributed by atoms with Gasteiger partial charge >= 0.3 is 0 Å². The van der Waals surface area contributed by atoms with E-state index in [1.165, 1.54) is 23.1 Å². The molecule has 3 aromatic carbocycles. The minimum atomic E-state index is -0.181. The van der Waals surface area contributed by atoms with E-state index in [0.29, 0.717) is 42.7 Å². The number of para-hydroxylation sites is 2. The topological polar surface area (TPSA) is 76.9 Å². The number of anilines is 1. The molecule has 0 unspecified atom stereocenters. The van der Waals surface area contributed by atoms with E-state index in [0.717, 1.165) is 11.3 Å². The van der Waals surface area contributed by atoms with Gasteiger partial charge in [0.2, 0.25) is 5.91 Å². The highest BCUT2D eigenvalue weighted by Crippen LogP contribution is 2.32. The summed E-state index contributed by atoms with van der Waals surface area (Å²) in [6.07, 6.45) is 0.221. The maximum Gasteiger partial charge on any atom is 0.266 e. The van der Waals surface area contributed by atoms with Crippen molar-refractivity contribution in [3.63, 3.8) is 0 Å². The molecule has 0 spiro atoms. The van der Waals surface area contributed by atoms with Gasteiger partial charge in [-0.25, -0.2) is 9.97 Å². The second-order valence-corrected chi connectivity index (χ2v) is 10.5. The highest BCUT2D eigenvalue weighted by atomic mass is 35.5. The summed E-state index contributed by atoms with van der Waals surface area (Å²) in [4.78, 5) is 35.0. The molecule has 0 radical (unpaired) electrons. The molecule has 1 N–H and O–H groups in total. The first-order chi connectivity index (χ1) is 17.5. The number of thiazole rings is 1. The standard InChI is InChI=1S/C26H18Cl2N4O2S2/c27-16-10-11-18(20(28)14-16)22-15-36-25(29-22)31-23(33)12-13-35-26-30-21-9-5-4-8-19(21)24(34)32(26)17-6-2-1-3-7-17/h1-11,14-15H,12-13H2,(H,29,31,33). The van der Waals surface area contributed by atoms with E-state index in [1.54, 1.807) is 28.8 Å². The first-order valence-corrected chi connectivity index (χ1v) is 13.5. The molecule has 1 amide bonds. The van der Waals surface area contributed by atoms with E-state index in [-0.39, 0.29) is 17.9 Å². The second-order valence-electron chi connectivity index (χ2n) is 7.70. The number of nitrogens with one attached hydrogen (secondary N) is 1. The third-order valence-electron chi connectivity index (χ3n) is 5.28. The number of carbonyl (C=O) groups excluding carboxylic acids is 1. The quantitative estimate of drug-likeness (QED) is 0.175. The zero-order chi connectivity index (χ0) is 25.1. The van der Waals surface area contributed by atoms with Crippen molar-refractivity contribution in [3.05, 3.63) is 98.6 Å². The molecule has 0 saturated heterocycles. The van der Waals surface area contributed by atoms with Crippen LogP contribution in [-0.2, 0) is 4.79 Å². The van der Waals surface area contributed by atoms with Gasteiger partial charge in [0.05, 0.1) is 27.3 Å². The summed E-state index contributed by atoms with van der Waals surface area (Å²) in [5.74, 6) is 0.255. The lowest BCUT2D eigenvalue weighted by Crippen LogP contribution is -2.22. The Morgan fingerprint density at radius 2 is 1.78 bits per heavy atom. The minimum Gasteiger partial charge on any atom is -0.302 e. The van der Waals surface area contributed by atoms with Crippen LogP contribution in [0, 0.1) is 0 Å². The van der Waals surface area contributed by atoms with Crippen LogP contribution < -0.4 is 10.9 Å². The minimum absolute atomic E-state index is 0.144. The maximum atomic E-state index is 13.3. The smallest absolute Gasteiger partial charge is 0.266 e. The Morgan fingerprint density at radius 3 is 2.58 bits per heavy atom. The van der Waals surface area contributed by atoms with Crippen LogP contribution in [0.1, 0.15) is 6.42 Å². The molecule has 6 nitrogen and oxygen atoms in total. The number of rotatable bonds is 7. The molecule has 0 aliphatic rings. The van der Waals surface area contributed by atoms with Crippen LogP contribution in [0.2, 0.25) is 10.0 Å². The average molecular weight is 553 g/mol. The van der Waals surface area contributed by atoms with Crippen molar-refractivity contribution in [1.29, 1.82) is 0 Å². The maximum absolute atomic E-state index is 13.3. The van der Waals surface area contributed by atoms with Gasteiger partial charge in [-0.1, -0.05) is 65.3 Å². The van der Waals surface area contributed by atoms with E-state index in [1.807, 2.05) is 53.9 Å². The van der Waals surface area contributed by atoms with Crippen LogP contribution in [0.25, 0.3) is 27.8 Å². The monoisotopic (exact) mass is 552 g/mol. The number of benzene rings is 3. The van der Waals surface area contributed by atoms with Crippen molar-refractivity contribution >= 4 is 68.2 Å².